The molecule has 0 aliphatic carbocycles. The van der Waals surface area contributed by atoms with E-state index in [0.717, 1.165) is 38.5 Å². The number of amides is 1. The highest BCUT2D eigenvalue weighted by Gasteiger charge is 2.44. The standard InChI is InChI=1S/C64H123NO8/c1-3-5-7-9-11-13-15-17-19-21-23-24-25-26-27-28-29-30-31-32-33-34-36-37-39-41-43-45-47-49-51-53-58(67)57(56-72-64-63(71)62(70)61(69)59(55-66)73-64)65-60(68)54-52-50-48-46-44-42-40-38-35-22-20-18-16-14-12-10-8-6-4-2/h18,20,51,53,57-59,61-64,66-67,69-71H,3-17,19,21-50,52,54-56H2,1-2H3,(H,65,68)/b20-18-,53-51+. The molecule has 1 rings (SSSR count). The van der Waals surface area contributed by atoms with E-state index in [1.165, 1.54) is 263 Å². The van der Waals surface area contributed by atoms with Crippen molar-refractivity contribution >= 4 is 5.91 Å². The average Bonchev–Trinajstić information content (AvgIpc) is 3.39. The van der Waals surface area contributed by atoms with E-state index in [-0.39, 0.29) is 12.5 Å². The molecule has 1 amide bonds. The molecule has 1 fully saturated rings. The van der Waals surface area contributed by atoms with E-state index in [4.69, 9.17) is 9.47 Å². The molecule has 432 valence electrons. The first-order chi connectivity index (χ1) is 35.8. The Labute approximate surface area is 451 Å². The molecule has 0 radical (unpaired) electrons. The summed E-state index contributed by atoms with van der Waals surface area (Å²) in [4.78, 5) is 13.1. The fraction of sp³-hybridized carbons (Fsp3) is 0.922. The summed E-state index contributed by atoms with van der Waals surface area (Å²) < 4.78 is 11.3. The monoisotopic (exact) mass is 1030 g/mol. The van der Waals surface area contributed by atoms with Crippen LogP contribution in [-0.4, -0.2) is 87.5 Å². The molecule has 9 nitrogen and oxygen atoms in total. The van der Waals surface area contributed by atoms with Gasteiger partial charge in [0.15, 0.2) is 6.29 Å². The van der Waals surface area contributed by atoms with Crippen molar-refractivity contribution in [1.82, 2.24) is 5.32 Å². The lowest BCUT2D eigenvalue weighted by Gasteiger charge is -2.40. The summed E-state index contributed by atoms with van der Waals surface area (Å²) in [6.45, 7) is 3.82. The Bertz CT molecular complexity index is 1200. The van der Waals surface area contributed by atoms with E-state index >= 15 is 0 Å². The summed E-state index contributed by atoms with van der Waals surface area (Å²) >= 11 is 0. The number of allylic oxidation sites excluding steroid dienone is 3. The SMILES string of the molecule is CCCCCCCC/C=C\CCCCCCCCCCCC(=O)NC(COC1OC(CO)C(O)C(O)C1O)C(O)/C=C/CCCCCCCCCCCCCCCCCCCCCCCCCCCCCCC. The van der Waals surface area contributed by atoms with Gasteiger partial charge in [0.2, 0.25) is 5.91 Å². The van der Waals surface area contributed by atoms with Crippen LogP contribution in [0.1, 0.15) is 322 Å². The summed E-state index contributed by atoms with van der Waals surface area (Å²) in [6, 6.07) is -0.805. The third kappa shape index (κ3) is 43.4. The number of hydrogen-bond acceptors (Lipinski definition) is 8. The first kappa shape index (κ1) is 69.7. The van der Waals surface area contributed by atoms with Crippen molar-refractivity contribution in [1.29, 1.82) is 0 Å². The van der Waals surface area contributed by atoms with Crippen molar-refractivity contribution in [3.63, 3.8) is 0 Å². The van der Waals surface area contributed by atoms with Crippen molar-refractivity contribution in [2.75, 3.05) is 13.2 Å². The maximum absolute atomic E-state index is 13.1. The van der Waals surface area contributed by atoms with E-state index in [1.807, 2.05) is 6.08 Å². The van der Waals surface area contributed by atoms with Crippen LogP contribution in [0.4, 0.5) is 0 Å². The summed E-state index contributed by atoms with van der Waals surface area (Å²) in [5.74, 6) is -0.174. The molecule has 1 aliphatic rings. The molecule has 9 heteroatoms. The molecule has 1 heterocycles. The molecular weight excluding hydrogens is 911 g/mol. The van der Waals surface area contributed by atoms with Gasteiger partial charge < -0.3 is 40.3 Å². The predicted octanol–water partition coefficient (Wildman–Crippen LogP) is 16.5. The number of rotatable bonds is 56. The van der Waals surface area contributed by atoms with Crippen LogP contribution in [0.5, 0.6) is 0 Å². The first-order valence-corrected chi connectivity index (χ1v) is 32.1. The molecule has 0 aromatic heterocycles. The Balaban J connectivity index is 2.15. The molecule has 0 aromatic carbocycles. The molecule has 1 aliphatic heterocycles. The van der Waals surface area contributed by atoms with Gasteiger partial charge in [-0.3, -0.25) is 4.79 Å². The third-order valence-corrected chi connectivity index (χ3v) is 15.5. The van der Waals surface area contributed by atoms with E-state index in [1.54, 1.807) is 6.08 Å². The van der Waals surface area contributed by atoms with Crippen LogP contribution in [0.25, 0.3) is 0 Å². The lowest BCUT2D eigenvalue weighted by molar-refractivity contribution is -0.302. The number of carbonyl (C=O) groups excluding carboxylic acids is 1. The number of hydrogen-bond donors (Lipinski definition) is 6. The van der Waals surface area contributed by atoms with Gasteiger partial charge in [0.25, 0.3) is 0 Å². The Morgan fingerprint density at radius 1 is 0.452 bits per heavy atom. The Morgan fingerprint density at radius 3 is 1.11 bits per heavy atom. The van der Waals surface area contributed by atoms with Crippen LogP contribution < -0.4 is 5.32 Å². The quantitative estimate of drug-likeness (QED) is 0.0261. The highest BCUT2D eigenvalue weighted by Crippen LogP contribution is 2.23. The van der Waals surface area contributed by atoms with Gasteiger partial charge in [-0.25, -0.2) is 0 Å². The van der Waals surface area contributed by atoms with Crippen molar-refractivity contribution in [3.8, 4) is 0 Å². The number of carbonyl (C=O) groups is 1. The van der Waals surface area contributed by atoms with Gasteiger partial charge in [-0.05, 0) is 44.9 Å². The van der Waals surface area contributed by atoms with Gasteiger partial charge in [0.05, 0.1) is 25.4 Å². The van der Waals surface area contributed by atoms with Gasteiger partial charge in [-0.2, -0.15) is 0 Å². The van der Waals surface area contributed by atoms with Gasteiger partial charge in [-0.1, -0.05) is 295 Å². The van der Waals surface area contributed by atoms with E-state index in [0.29, 0.717) is 6.42 Å². The van der Waals surface area contributed by atoms with Crippen molar-refractivity contribution in [2.24, 2.45) is 0 Å². The van der Waals surface area contributed by atoms with E-state index < -0.39 is 49.5 Å². The van der Waals surface area contributed by atoms with Crippen LogP contribution in [-0.2, 0) is 14.3 Å². The highest BCUT2D eigenvalue weighted by atomic mass is 16.7. The van der Waals surface area contributed by atoms with Crippen molar-refractivity contribution in [2.45, 2.75) is 365 Å². The zero-order chi connectivity index (χ0) is 52.9. The normalized spacial score (nSPS) is 19.1. The molecule has 1 saturated heterocycles. The minimum absolute atomic E-state index is 0.174. The van der Waals surface area contributed by atoms with Crippen LogP contribution in [0.3, 0.4) is 0 Å². The summed E-state index contributed by atoms with van der Waals surface area (Å²) in [5.41, 5.74) is 0. The van der Waals surface area contributed by atoms with Gasteiger partial charge in [0, 0.05) is 6.42 Å². The molecule has 0 bridgehead atoms. The molecule has 0 aromatic rings. The predicted molar refractivity (Wildman–Crippen MR) is 309 cm³/mol. The van der Waals surface area contributed by atoms with Crippen molar-refractivity contribution < 1.29 is 39.8 Å². The number of aliphatic hydroxyl groups excluding tert-OH is 5. The molecule has 7 unspecified atom stereocenters. The number of nitrogens with one attached hydrogen (secondary N) is 1. The third-order valence-electron chi connectivity index (χ3n) is 15.5. The zero-order valence-electron chi connectivity index (χ0n) is 48.2. The highest BCUT2D eigenvalue weighted by molar-refractivity contribution is 5.76. The second kappa shape index (κ2) is 54.0. The zero-order valence-corrected chi connectivity index (χ0v) is 48.2. The lowest BCUT2D eigenvalue weighted by Crippen LogP contribution is -2.60. The van der Waals surface area contributed by atoms with Gasteiger partial charge in [-0.15, -0.1) is 0 Å². The van der Waals surface area contributed by atoms with Gasteiger partial charge >= 0.3 is 0 Å². The second-order valence-corrected chi connectivity index (χ2v) is 22.6. The summed E-state index contributed by atoms with van der Waals surface area (Å²) in [5, 5.41) is 54.6. The summed E-state index contributed by atoms with van der Waals surface area (Å²) in [7, 11) is 0. The van der Waals surface area contributed by atoms with Gasteiger partial charge in [0.1, 0.15) is 24.4 Å². The molecule has 73 heavy (non-hydrogen) atoms. The number of ether oxygens (including phenoxy) is 2. The van der Waals surface area contributed by atoms with Crippen LogP contribution >= 0.6 is 0 Å². The maximum atomic E-state index is 13.1. The molecule has 6 N–H and O–H groups in total. The van der Waals surface area contributed by atoms with E-state index in [2.05, 4.69) is 31.3 Å². The Kier molecular flexibility index (Phi) is 51.6. The van der Waals surface area contributed by atoms with Crippen LogP contribution in [0.2, 0.25) is 0 Å². The minimum Gasteiger partial charge on any atom is -0.394 e. The maximum Gasteiger partial charge on any atom is 0.220 e. The molecular formula is C64H123NO8. The topological polar surface area (TPSA) is 149 Å². The average molecular weight is 1030 g/mol. The largest absolute Gasteiger partial charge is 0.394 e. The molecule has 7 atom stereocenters. The molecule has 0 saturated carbocycles. The Morgan fingerprint density at radius 2 is 0.767 bits per heavy atom. The van der Waals surface area contributed by atoms with Crippen LogP contribution in [0.15, 0.2) is 24.3 Å². The lowest BCUT2D eigenvalue weighted by atomic mass is 9.99. The summed E-state index contributed by atoms with van der Waals surface area (Å²) in [6.07, 6.45) is 62.7. The molecule has 0 spiro atoms. The first-order valence-electron chi connectivity index (χ1n) is 32.1. The number of aliphatic hydroxyl groups is 5. The fourth-order valence-corrected chi connectivity index (χ4v) is 10.4. The second-order valence-electron chi connectivity index (χ2n) is 22.6. The fourth-order valence-electron chi connectivity index (χ4n) is 10.4. The van der Waals surface area contributed by atoms with Crippen molar-refractivity contribution in [3.05, 3.63) is 24.3 Å². The smallest absolute Gasteiger partial charge is 0.220 e. The minimum atomic E-state index is -1.57. The van der Waals surface area contributed by atoms with Crippen LogP contribution in [0, 0.1) is 0 Å². The van der Waals surface area contributed by atoms with E-state index in [9.17, 15) is 30.3 Å². The number of unbranched alkanes of at least 4 members (excludes halogenated alkanes) is 44. The Hall–Kier alpha value is -1.33.